The second-order valence-electron chi connectivity index (χ2n) is 4.21. The van der Waals surface area contributed by atoms with Crippen LogP contribution in [0, 0.1) is 29.6 Å². The highest BCUT2D eigenvalue weighted by Crippen LogP contribution is 2.32. The molecule has 14 heavy (non-hydrogen) atoms. The van der Waals surface area contributed by atoms with E-state index in [1.54, 1.807) is 0 Å². The minimum atomic E-state index is -0.424. The van der Waals surface area contributed by atoms with Crippen molar-refractivity contribution in [3.05, 3.63) is 0 Å². The molecule has 1 saturated carbocycles. The lowest BCUT2D eigenvalue weighted by molar-refractivity contribution is 0.234. The summed E-state index contributed by atoms with van der Waals surface area (Å²) >= 11 is 0. The maximum absolute atomic E-state index is 9.18. The molecule has 0 aliphatic heterocycles. The molecule has 1 rings (SSSR count). The molecular formula is C12H18N2. The van der Waals surface area contributed by atoms with E-state index in [4.69, 9.17) is 6.42 Å². The Labute approximate surface area is 86.7 Å². The van der Waals surface area contributed by atoms with Gasteiger partial charge in [0, 0.05) is 0 Å². The van der Waals surface area contributed by atoms with Gasteiger partial charge >= 0.3 is 0 Å². The fourth-order valence-electron chi connectivity index (χ4n) is 2.19. The van der Waals surface area contributed by atoms with E-state index in [-0.39, 0.29) is 0 Å². The largest absolute Gasteiger partial charge is 0.288 e. The van der Waals surface area contributed by atoms with Gasteiger partial charge in [0.25, 0.3) is 0 Å². The first-order valence-corrected chi connectivity index (χ1v) is 5.32. The molecular weight excluding hydrogens is 172 g/mol. The Morgan fingerprint density at radius 2 is 2.07 bits per heavy atom. The zero-order chi connectivity index (χ0) is 10.4. The van der Waals surface area contributed by atoms with Crippen LogP contribution in [0.15, 0.2) is 0 Å². The first-order chi connectivity index (χ1) is 6.73. The molecule has 0 heterocycles. The van der Waals surface area contributed by atoms with Crippen LogP contribution in [0.5, 0.6) is 0 Å². The van der Waals surface area contributed by atoms with Crippen molar-refractivity contribution in [3.63, 3.8) is 0 Å². The lowest BCUT2D eigenvalue weighted by atomic mass is 9.76. The molecule has 0 aromatic heterocycles. The Bertz CT molecular complexity index is 252. The van der Waals surface area contributed by atoms with Crippen LogP contribution in [-0.2, 0) is 0 Å². The highest BCUT2D eigenvalue weighted by molar-refractivity contribution is 5.10. The second kappa shape index (κ2) is 5.03. The molecule has 0 bridgehead atoms. The van der Waals surface area contributed by atoms with Crippen LogP contribution in [0.2, 0.25) is 0 Å². The minimum Gasteiger partial charge on any atom is -0.288 e. The summed E-state index contributed by atoms with van der Waals surface area (Å²) < 4.78 is 0. The highest BCUT2D eigenvalue weighted by Gasteiger charge is 2.34. The molecule has 1 fully saturated rings. The lowest BCUT2D eigenvalue weighted by Crippen LogP contribution is -2.48. The van der Waals surface area contributed by atoms with Crippen molar-refractivity contribution >= 4 is 0 Å². The smallest absolute Gasteiger partial charge is 0.107 e. The third kappa shape index (κ3) is 2.50. The van der Waals surface area contributed by atoms with Gasteiger partial charge in [0.1, 0.15) is 5.54 Å². The number of hydrogen-bond acceptors (Lipinski definition) is 2. The van der Waals surface area contributed by atoms with E-state index in [2.05, 4.69) is 17.3 Å². The van der Waals surface area contributed by atoms with E-state index in [0.29, 0.717) is 12.5 Å². The van der Waals surface area contributed by atoms with Crippen molar-refractivity contribution in [1.29, 1.82) is 5.26 Å². The third-order valence-corrected chi connectivity index (χ3v) is 3.21. The first kappa shape index (κ1) is 11.1. The summed E-state index contributed by atoms with van der Waals surface area (Å²) in [4.78, 5) is 0. The van der Waals surface area contributed by atoms with E-state index in [0.717, 1.165) is 12.8 Å². The van der Waals surface area contributed by atoms with Crippen molar-refractivity contribution < 1.29 is 0 Å². The minimum absolute atomic E-state index is 0.424. The van der Waals surface area contributed by atoms with Crippen molar-refractivity contribution in [1.82, 2.24) is 5.32 Å². The van der Waals surface area contributed by atoms with Crippen molar-refractivity contribution in [2.75, 3.05) is 6.54 Å². The van der Waals surface area contributed by atoms with Gasteiger partial charge < -0.3 is 0 Å². The number of nitrogens with one attached hydrogen (secondary N) is 1. The normalized spacial score (nSPS) is 21.9. The molecule has 1 N–H and O–H groups in total. The number of nitriles is 1. The zero-order valence-electron chi connectivity index (χ0n) is 8.84. The Balaban J connectivity index is 2.59. The molecule has 0 amide bonds. The van der Waals surface area contributed by atoms with E-state index in [9.17, 15) is 5.26 Å². The second-order valence-corrected chi connectivity index (χ2v) is 4.21. The van der Waals surface area contributed by atoms with Gasteiger partial charge in [-0.1, -0.05) is 25.2 Å². The maximum atomic E-state index is 9.18. The van der Waals surface area contributed by atoms with Crippen LogP contribution in [0.25, 0.3) is 0 Å². The Morgan fingerprint density at radius 3 is 2.57 bits per heavy atom. The van der Waals surface area contributed by atoms with Gasteiger partial charge in [-0.2, -0.15) is 5.26 Å². The summed E-state index contributed by atoms with van der Waals surface area (Å²) in [6, 6.07) is 2.38. The fraction of sp³-hybridized carbons (Fsp3) is 0.750. The number of nitrogens with zero attached hydrogens (tertiary/aromatic N) is 1. The van der Waals surface area contributed by atoms with Crippen LogP contribution in [0.4, 0.5) is 0 Å². The lowest BCUT2D eigenvalue weighted by Gasteiger charge is -2.34. The van der Waals surface area contributed by atoms with Crippen LogP contribution in [0.1, 0.15) is 39.0 Å². The molecule has 0 radical (unpaired) electrons. The SMILES string of the molecule is C#CCNC(C)(C#N)C1CCCCC1. The number of hydrogen-bond donors (Lipinski definition) is 1. The monoisotopic (exact) mass is 190 g/mol. The molecule has 0 spiro atoms. The van der Waals surface area contributed by atoms with Crippen LogP contribution in [0.3, 0.4) is 0 Å². The van der Waals surface area contributed by atoms with Gasteiger partial charge in [-0.15, -0.1) is 6.42 Å². The first-order valence-electron chi connectivity index (χ1n) is 5.32. The predicted molar refractivity (Wildman–Crippen MR) is 57.4 cm³/mol. The summed E-state index contributed by atoms with van der Waals surface area (Å²) in [6.45, 7) is 2.46. The average Bonchev–Trinajstić information content (AvgIpc) is 2.27. The molecule has 2 nitrogen and oxygen atoms in total. The van der Waals surface area contributed by atoms with Crippen molar-refractivity contribution in [3.8, 4) is 18.4 Å². The molecule has 76 valence electrons. The predicted octanol–water partition coefficient (Wildman–Crippen LogP) is 2.07. The zero-order valence-corrected chi connectivity index (χ0v) is 8.84. The molecule has 2 heteroatoms. The third-order valence-electron chi connectivity index (χ3n) is 3.21. The van der Waals surface area contributed by atoms with Crippen LogP contribution in [-0.4, -0.2) is 12.1 Å². The van der Waals surface area contributed by atoms with Gasteiger partial charge in [-0.3, -0.25) is 5.32 Å². The molecule has 1 atom stereocenters. The Kier molecular flexibility index (Phi) is 3.98. The van der Waals surface area contributed by atoms with Crippen molar-refractivity contribution in [2.45, 2.75) is 44.6 Å². The summed E-state index contributed by atoms with van der Waals surface area (Å²) in [5.41, 5.74) is -0.424. The summed E-state index contributed by atoms with van der Waals surface area (Å²) in [5, 5.41) is 12.4. The topological polar surface area (TPSA) is 35.8 Å². The van der Waals surface area contributed by atoms with Gasteiger partial charge in [0.15, 0.2) is 0 Å². The summed E-state index contributed by atoms with van der Waals surface area (Å²) in [7, 11) is 0. The van der Waals surface area contributed by atoms with Gasteiger partial charge in [0.05, 0.1) is 12.6 Å². The quantitative estimate of drug-likeness (QED) is 0.691. The molecule has 0 aromatic carbocycles. The van der Waals surface area contributed by atoms with E-state index >= 15 is 0 Å². The van der Waals surface area contributed by atoms with Gasteiger partial charge in [-0.25, -0.2) is 0 Å². The fourth-order valence-corrected chi connectivity index (χ4v) is 2.19. The average molecular weight is 190 g/mol. The number of terminal acetylenes is 1. The van der Waals surface area contributed by atoms with Crippen LogP contribution < -0.4 is 5.32 Å². The molecule has 1 aliphatic rings. The highest BCUT2D eigenvalue weighted by atomic mass is 15.0. The maximum Gasteiger partial charge on any atom is 0.107 e. The van der Waals surface area contributed by atoms with E-state index in [1.165, 1.54) is 19.3 Å². The molecule has 0 saturated heterocycles. The van der Waals surface area contributed by atoms with Gasteiger partial charge in [0.2, 0.25) is 0 Å². The van der Waals surface area contributed by atoms with E-state index < -0.39 is 5.54 Å². The van der Waals surface area contributed by atoms with Gasteiger partial charge in [-0.05, 0) is 25.7 Å². The summed E-state index contributed by atoms with van der Waals surface area (Å²) in [6.07, 6.45) is 11.3. The standard InChI is InChI=1S/C12H18N2/c1-3-9-14-12(2,10-13)11-7-5-4-6-8-11/h1,11,14H,4-9H2,2H3. The van der Waals surface area contributed by atoms with Crippen molar-refractivity contribution in [2.24, 2.45) is 5.92 Å². The molecule has 1 aliphatic carbocycles. The van der Waals surface area contributed by atoms with E-state index in [1.807, 2.05) is 6.92 Å². The van der Waals surface area contributed by atoms with Crippen LogP contribution >= 0.6 is 0 Å². The Hall–Kier alpha value is -0.990. The molecule has 0 aromatic rings. The Morgan fingerprint density at radius 1 is 1.43 bits per heavy atom. The molecule has 1 unspecified atom stereocenters. The summed E-state index contributed by atoms with van der Waals surface area (Å²) in [5.74, 6) is 3.00. The number of rotatable bonds is 3.